The zero-order chi connectivity index (χ0) is 17.4. The molecule has 1 aromatic rings. The lowest BCUT2D eigenvalue weighted by Crippen LogP contribution is -2.42. The zero-order valence-electron chi connectivity index (χ0n) is 12.1. The average Bonchev–Trinajstić information content (AvgIpc) is 2.36. The number of carbonyl (C=O) groups excluding carboxylic acids is 2. The van der Waals surface area contributed by atoms with Crippen molar-refractivity contribution in [2.45, 2.75) is 24.5 Å². The van der Waals surface area contributed by atoms with Crippen LogP contribution in [0.3, 0.4) is 0 Å². The number of benzene rings is 1. The second-order valence-electron chi connectivity index (χ2n) is 5.04. The molecule has 1 saturated heterocycles. The van der Waals surface area contributed by atoms with Crippen molar-refractivity contribution in [3.05, 3.63) is 30.0 Å². The summed E-state index contributed by atoms with van der Waals surface area (Å²) in [6.07, 6.45) is 0.960. The average molecular weight is 343 g/mol. The van der Waals surface area contributed by atoms with Crippen LogP contribution in [0.4, 0.5) is 5.69 Å². The second-order valence-corrected chi connectivity index (χ2v) is 6.46. The number of hydrogen-bond donors (Lipinski definition) is 3. The van der Waals surface area contributed by atoms with Gasteiger partial charge in [0.15, 0.2) is 5.57 Å². The molecule has 0 spiro atoms. The van der Waals surface area contributed by atoms with Gasteiger partial charge in [0.1, 0.15) is 5.75 Å². The number of rotatable bonds is 3. The molecule has 0 amide bonds. The van der Waals surface area contributed by atoms with E-state index in [0.29, 0.717) is 0 Å². The van der Waals surface area contributed by atoms with Gasteiger partial charge in [0.2, 0.25) is 0 Å². The zero-order valence-corrected chi connectivity index (χ0v) is 12.9. The van der Waals surface area contributed by atoms with Crippen LogP contribution in [-0.4, -0.2) is 35.8 Å². The molecule has 1 heterocycles. The van der Waals surface area contributed by atoms with E-state index in [2.05, 4.69) is 5.32 Å². The first-order valence-corrected chi connectivity index (χ1v) is 7.67. The molecule has 2 rings (SSSR count). The van der Waals surface area contributed by atoms with Crippen LogP contribution in [0.1, 0.15) is 13.8 Å². The van der Waals surface area contributed by atoms with Crippen LogP contribution in [0.15, 0.2) is 34.9 Å². The molecule has 23 heavy (non-hydrogen) atoms. The lowest BCUT2D eigenvalue weighted by atomic mass is 10.2. The highest BCUT2D eigenvalue weighted by Crippen LogP contribution is 2.27. The minimum absolute atomic E-state index is 0.00432. The Morgan fingerprint density at radius 1 is 1.17 bits per heavy atom. The molecule has 0 bridgehead atoms. The largest absolute Gasteiger partial charge is 0.506 e. The van der Waals surface area contributed by atoms with Gasteiger partial charge in [0, 0.05) is 26.1 Å². The number of anilines is 1. The molecule has 0 aromatic heterocycles. The standard InChI is InChI=1S/C13H13NO8S/c1-13(2)21-11(16)8(12(17)22-13)6-14-9-4-3-7(5-10(9)15)23(18,19)20/h3-6,14-15H,1-2H3,(H,18,19,20). The number of phenols is 1. The Hall–Kier alpha value is -2.59. The summed E-state index contributed by atoms with van der Waals surface area (Å²) in [4.78, 5) is 22.9. The van der Waals surface area contributed by atoms with Crippen molar-refractivity contribution >= 4 is 27.7 Å². The van der Waals surface area contributed by atoms with E-state index in [1.807, 2.05) is 0 Å². The third-order valence-corrected chi connectivity index (χ3v) is 3.61. The SMILES string of the molecule is CC1(C)OC(=O)C(=CNc2ccc(S(=O)(=O)O)cc2O)C(=O)O1. The molecule has 1 aliphatic heterocycles. The number of esters is 2. The number of aromatic hydroxyl groups is 1. The van der Waals surface area contributed by atoms with Gasteiger partial charge in [-0.05, 0) is 12.1 Å². The van der Waals surface area contributed by atoms with Gasteiger partial charge in [-0.25, -0.2) is 9.59 Å². The van der Waals surface area contributed by atoms with Crippen molar-refractivity contribution in [1.29, 1.82) is 0 Å². The molecule has 0 saturated carbocycles. The number of carbonyl (C=O) groups is 2. The summed E-state index contributed by atoms with van der Waals surface area (Å²) in [5, 5.41) is 12.2. The van der Waals surface area contributed by atoms with E-state index in [1.165, 1.54) is 13.8 Å². The lowest BCUT2D eigenvalue weighted by Gasteiger charge is -2.29. The first-order chi connectivity index (χ1) is 10.5. The predicted octanol–water partition coefficient (Wildman–Crippen LogP) is 0.771. The third-order valence-electron chi connectivity index (χ3n) is 2.76. The maximum Gasteiger partial charge on any atom is 0.350 e. The normalized spacial score (nSPS) is 17.3. The van der Waals surface area contributed by atoms with Gasteiger partial charge in [-0.2, -0.15) is 8.42 Å². The van der Waals surface area contributed by atoms with Gasteiger partial charge in [0.25, 0.3) is 15.9 Å². The van der Waals surface area contributed by atoms with Crippen LogP contribution in [0, 0.1) is 0 Å². The lowest BCUT2D eigenvalue weighted by molar-refractivity contribution is -0.222. The van der Waals surface area contributed by atoms with Crippen LogP contribution in [0.2, 0.25) is 0 Å². The van der Waals surface area contributed by atoms with E-state index in [1.54, 1.807) is 0 Å². The van der Waals surface area contributed by atoms with E-state index in [4.69, 9.17) is 14.0 Å². The number of cyclic esters (lactones) is 2. The highest BCUT2D eigenvalue weighted by Gasteiger charge is 2.38. The fourth-order valence-corrected chi connectivity index (χ4v) is 2.22. The van der Waals surface area contributed by atoms with E-state index in [0.717, 1.165) is 24.4 Å². The molecule has 0 unspecified atom stereocenters. The fraction of sp³-hybridized carbons (Fsp3) is 0.231. The smallest absolute Gasteiger partial charge is 0.350 e. The number of phenolic OH excluding ortho intramolecular Hbond substituents is 1. The van der Waals surface area contributed by atoms with Gasteiger partial charge >= 0.3 is 11.9 Å². The van der Waals surface area contributed by atoms with E-state index in [-0.39, 0.29) is 5.69 Å². The fourth-order valence-electron chi connectivity index (χ4n) is 1.72. The minimum atomic E-state index is -4.46. The summed E-state index contributed by atoms with van der Waals surface area (Å²) in [6, 6.07) is 2.96. The summed E-state index contributed by atoms with van der Waals surface area (Å²) in [7, 11) is -4.46. The maximum absolute atomic E-state index is 11.7. The van der Waals surface area contributed by atoms with Crippen molar-refractivity contribution in [3.63, 3.8) is 0 Å². The number of nitrogens with one attached hydrogen (secondary N) is 1. The van der Waals surface area contributed by atoms with Crippen LogP contribution in [0.25, 0.3) is 0 Å². The molecule has 124 valence electrons. The van der Waals surface area contributed by atoms with Crippen LogP contribution in [0.5, 0.6) is 5.75 Å². The summed E-state index contributed by atoms with van der Waals surface area (Å²) in [6.45, 7) is 2.79. The van der Waals surface area contributed by atoms with Gasteiger partial charge in [-0.1, -0.05) is 0 Å². The first-order valence-electron chi connectivity index (χ1n) is 6.23. The quantitative estimate of drug-likeness (QED) is 0.239. The second kappa shape index (κ2) is 5.56. The van der Waals surface area contributed by atoms with E-state index < -0.39 is 44.1 Å². The number of hydrogen-bond acceptors (Lipinski definition) is 8. The van der Waals surface area contributed by atoms with Crippen molar-refractivity contribution in [3.8, 4) is 5.75 Å². The molecule has 0 atom stereocenters. The Bertz CT molecular complexity index is 787. The summed E-state index contributed by atoms with van der Waals surface area (Å²) in [5.41, 5.74) is -0.432. The van der Waals surface area contributed by atoms with Gasteiger partial charge in [-0.3, -0.25) is 4.55 Å². The molecule has 1 aliphatic rings. The molecule has 3 N–H and O–H groups in total. The Labute approximate surface area is 131 Å². The van der Waals surface area contributed by atoms with E-state index in [9.17, 15) is 23.1 Å². The molecule has 10 heteroatoms. The summed E-state index contributed by atoms with van der Waals surface area (Å²) in [5.74, 6) is -3.71. The van der Waals surface area contributed by atoms with Gasteiger partial charge < -0.3 is 19.9 Å². The summed E-state index contributed by atoms with van der Waals surface area (Å²) >= 11 is 0. The molecule has 9 nitrogen and oxygen atoms in total. The molecule has 0 radical (unpaired) electrons. The summed E-state index contributed by atoms with van der Waals surface area (Å²) < 4.78 is 40.5. The highest BCUT2D eigenvalue weighted by atomic mass is 32.2. The van der Waals surface area contributed by atoms with Gasteiger partial charge in [-0.15, -0.1) is 0 Å². The molecule has 1 fully saturated rings. The Morgan fingerprint density at radius 3 is 2.22 bits per heavy atom. The topological polar surface area (TPSA) is 139 Å². The Morgan fingerprint density at radius 2 is 1.74 bits per heavy atom. The molecule has 1 aromatic carbocycles. The molecular formula is C13H13NO8S. The highest BCUT2D eigenvalue weighted by molar-refractivity contribution is 7.85. The van der Waals surface area contributed by atoms with E-state index >= 15 is 0 Å². The number of ether oxygens (including phenoxy) is 2. The Kier molecular flexibility index (Phi) is 4.05. The van der Waals surface area contributed by atoms with Crippen LogP contribution in [-0.2, 0) is 29.2 Å². The van der Waals surface area contributed by atoms with Crippen LogP contribution >= 0.6 is 0 Å². The van der Waals surface area contributed by atoms with Gasteiger partial charge in [0.05, 0.1) is 10.6 Å². The van der Waals surface area contributed by atoms with Crippen molar-refractivity contribution in [2.24, 2.45) is 0 Å². The minimum Gasteiger partial charge on any atom is -0.506 e. The van der Waals surface area contributed by atoms with Crippen molar-refractivity contribution < 1.29 is 37.1 Å². The third kappa shape index (κ3) is 3.79. The van der Waals surface area contributed by atoms with Crippen LogP contribution < -0.4 is 5.32 Å². The maximum atomic E-state index is 11.7. The van der Waals surface area contributed by atoms with Crippen molar-refractivity contribution in [1.82, 2.24) is 0 Å². The Balaban J connectivity index is 2.24. The molecular weight excluding hydrogens is 330 g/mol. The molecule has 0 aliphatic carbocycles. The van der Waals surface area contributed by atoms with Crippen molar-refractivity contribution in [2.75, 3.05) is 5.32 Å². The monoisotopic (exact) mass is 343 g/mol. The first kappa shape index (κ1) is 16.8. The predicted molar refractivity (Wildman–Crippen MR) is 75.9 cm³/mol.